The average molecular weight is 1310 g/mol. The fraction of sp³-hybridized carbons (Fsp3) is 0.176. The number of amides is 4. The second kappa shape index (κ2) is 23.0. The Labute approximate surface area is 524 Å². The van der Waals surface area contributed by atoms with Crippen molar-refractivity contribution in [2.45, 2.75) is 70.2 Å². The van der Waals surface area contributed by atoms with E-state index >= 15 is 0 Å². The van der Waals surface area contributed by atoms with Gasteiger partial charge in [0, 0.05) is 18.4 Å². The molecule has 4 heterocycles. The number of halogens is 12. The zero-order chi connectivity index (χ0) is 69.0. The first-order chi connectivity index (χ1) is 43.7. The maximum atomic E-state index is 14.9. The summed E-state index contributed by atoms with van der Waals surface area (Å²) in [5.74, 6) is -7.46. The van der Waals surface area contributed by atoms with Crippen LogP contribution in [-0.4, -0.2) is 71.8 Å². The molecule has 1 unspecified atom stereocenters. The summed E-state index contributed by atoms with van der Waals surface area (Å²) in [6, 6.07) is 28.9. The number of benzene rings is 8. The summed E-state index contributed by atoms with van der Waals surface area (Å²) in [4.78, 5) is 99.8. The Balaban J connectivity index is 0.000000173. The number of esters is 4. The SMILES string of the molecule is CC(c1ccc2c(c1)C(=O)OC2=O)(c1ccc2c(c1)C(=O)OC2=O)C(F)(F)F.Cc1cc(N)ccc1-c1ccc(N)cc1C(F)(F)F.Cc1ccc(-c2ccc(N3C(=O)c4ccc(C(C)(c5ccc6c(c5)C(=O)N(C)C6=O)C(F)(F)F)cc4C3=O)cc2C(F)(F)F)c(C)c1. The maximum absolute atomic E-state index is 14.9. The number of aryl methyl sites for hydroxylation is 3. The van der Waals surface area contributed by atoms with Crippen LogP contribution in [0.3, 0.4) is 0 Å². The van der Waals surface area contributed by atoms with E-state index in [2.05, 4.69) is 9.47 Å². The van der Waals surface area contributed by atoms with Gasteiger partial charge in [0.1, 0.15) is 10.8 Å². The Kier molecular flexibility index (Phi) is 16.2. The summed E-state index contributed by atoms with van der Waals surface area (Å²) in [6.45, 7) is 6.89. The average Bonchev–Trinajstić information content (AvgIpc) is 1.39. The van der Waals surface area contributed by atoms with E-state index in [1.165, 1.54) is 25.2 Å². The van der Waals surface area contributed by atoms with Gasteiger partial charge >= 0.3 is 48.6 Å². The number of hydrogen-bond donors (Lipinski definition) is 2. The molecular formula is C68H46F12N4O10. The second-order valence-electron chi connectivity index (χ2n) is 22.7. The van der Waals surface area contributed by atoms with Crippen molar-refractivity contribution in [2.24, 2.45) is 0 Å². The van der Waals surface area contributed by atoms with Gasteiger partial charge in [-0.25, -0.2) is 24.1 Å². The third kappa shape index (κ3) is 11.2. The van der Waals surface area contributed by atoms with Crippen molar-refractivity contribution in [1.82, 2.24) is 4.90 Å². The molecule has 0 spiro atoms. The van der Waals surface area contributed by atoms with E-state index in [9.17, 15) is 91.0 Å². The third-order valence-corrected chi connectivity index (χ3v) is 16.8. The van der Waals surface area contributed by atoms with Gasteiger partial charge in [0.25, 0.3) is 23.6 Å². The number of carbonyl (C=O) groups excluding carboxylic acids is 8. The number of carbonyl (C=O) groups is 8. The van der Waals surface area contributed by atoms with E-state index in [4.69, 9.17) is 11.5 Å². The molecule has 4 amide bonds. The topological polar surface area (TPSA) is 214 Å². The summed E-state index contributed by atoms with van der Waals surface area (Å²) >= 11 is 0. The molecule has 0 saturated carbocycles. The highest BCUT2D eigenvalue weighted by Gasteiger charge is 2.56. The zero-order valence-corrected chi connectivity index (χ0v) is 49.5. The van der Waals surface area contributed by atoms with Crippen molar-refractivity contribution in [2.75, 3.05) is 23.4 Å². The molecule has 0 aromatic heterocycles. The number of fused-ring (bicyclic) bond motifs is 4. The molecule has 0 aliphatic carbocycles. The molecule has 4 aliphatic rings. The minimum absolute atomic E-state index is 0.0575. The predicted octanol–water partition coefficient (Wildman–Crippen LogP) is 14.9. The van der Waals surface area contributed by atoms with E-state index in [0.29, 0.717) is 38.9 Å². The monoisotopic (exact) mass is 1310 g/mol. The van der Waals surface area contributed by atoms with Crippen molar-refractivity contribution in [3.8, 4) is 22.3 Å². The summed E-state index contributed by atoms with van der Waals surface area (Å²) in [6.07, 6.45) is -19.2. The summed E-state index contributed by atoms with van der Waals surface area (Å²) in [7, 11) is 1.21. The molecule has 14 nitrogen and oxygen atoms in total. The van der Waals surface area contributed by atoms with Crippen LogP contribution >= 0.6 is 0 Å². The predicted molar refractivity (Wildman–Crippen MR) is 315 cm³/mol. The van der Waals surface area contributed by atoms with Gasteiger partial charge in [0.15, 0.2) is 0 Å². The molecule has 12 rings (SSSR count). The molecule has 0 fully saturated rings. The number of anilines is 3. The summed E-state index contributed by atoms with van der Waals surface area (Å²) in [5.41, 5.74) is 3.53. The van der Waals surface area contributed by atoms with Crippen LogP contribution in [0.25, 0.3) is 22.3 Å². The lowest BCUT2D eigenvalue weighted by Crippen LogP contribution is -2.41. The third-order valence-electron chi connectivity index (χ3n) is 16.8. The molecule has 94 heavy (non-hydrogen) atoms. The van der Waals surface area contributed by atoms with Gasteiger partial charge in [0.2, 0.25) is 0 Å². The number of nitrogen functional groups attached to an aromatic ring is 2. The number of hydrogen-bond acceptors (Lipinski definition) is 12. The summed E-state index contributed by atoms with van der Waals surface area (Å²) in [5, 5.41) is 0. The van der Waals surface area contributed by atoms with E-state index < -0.39 is 117 Å². The molecule has 0 bridgehead atoms. The van der Waals surface area contributed by atoms with Crippen LogP contribution in [0.2, 0.25) is 0 Å². The van der Waals surface area contributed by atoms with Gasteiger partial charge in [-0.05, 0) is 175 Å². The summed E-state index contributed by atoms with van der Waals surface area (Å²) < 4.78 is 178. The fourth-order valence-electron chi connectivity index (χ4n) is 11.5. The Morgan fingerprint density at radius 1 is 0.340 bits per heavy atom. The van der Waals surface area contributed by atoms with E-state index in [1.54, 1.807) is 57.2 Å². The van der Waals surface area contributed by atoms with Crippen molar-refractivity contribution in [3.05, 3.63) is 240 Å². The first-order valence-electron chi connectivity index (χ1n) is 27.8. The Bertz CT molecular complexity index is 4570. The first-order valence-corrected chi connectivity index (χ1v) is 27.8. The normalized spacial score (nSPS) is 15.2. The van der Waals surface area contributed by atoms with E-state index in [0.717, 1.165) is 109 Å². The van der Waals surface area contributed by atoms with Gasteiger partial charge < -0.3 is 20.9 Å². The molecule has 8 aromatic rings. The lowest BCUT2D eigenvalue weighted by molar-refractivity contribution is -0.173. The Morgan fingerprint density at radius 3 is 1.11 bits per heavy atom. The lowest BCUT2D eigenvalue weighted by Gasteiger charge is -2.33. The second-order valence-corrected chi connectivity index (χ2v) is 22.7. The largest absolute Gasteiger partial charge is 0.417 e. The Hall–Kier alpha value is -10.9. The highest BCUT2D eigenvalue weighted by Crippen LogP contribution is 2.51. The molecule has 26 heteroatoms. The highest BCUT2D eigenvalue weighted by molar-refractivity contribution is 6.34. The van der Waals surface area contributed by atoms with Gasteiger partial charge in [-0.15, -0.1) is 0 Å². The molecule has 4 N–H and O–H groups in total. The highest BCUT2D eigenvalue weighted by atomic mass is 19.4. The van der Waals surface area contributed by atoms with Crippen LogP contribution in [0.4, 0.5) is 69.7 Å². The zero-order valence-electron chi connectivity index (χ0n) is 49.5. The van der Waals surface area contributed by atoms with E-state index in [-0.39, 0.29) is 66.9 Å². The van der Waals surface area contributed by atoms with Gasteiger partial charge in [-0.3, -0.25) is 24.1 Å². The fourth-order valence-corrected chi connectivity index (χ4v) is 11.5. The van der Waals surface area contributed by atoms with Gasteiger partial charge in [0.05, 0.1) is 61.3 Å². The molecule has 1 atom stereocenters. The number of nitrogens with zero attached hydrogens (tertiary/aromatic N) is 2. The first kappa shape index (κ1) is 66.0. The standard InChI is InChI=1S/C35H24F6N2O4.C19H9F3O6.C14H13F3N2/c1-17-5-9-22(18(2)13-17)23-12-8-21(16-28(23)34(36,37)38)43-31(46)25-11-7-20(15-27(25)32(43)47)33(3,35(39,40)41)19-6-10-24-26(14-19)30(45)42(4)29(24)44;1-18(19(20,21)22,8-2-4-10-12(6-8)16(25)27-14(10)23)9-3-5-11-13(7-9)17(26)28-15(11)24;1-8-6-9(18)2-4-11(8)12-5-3-10(19)7-13(12)14(15,16)17/h5-16H,1-4H3;2-7H,1H3;2-7H,18-19H2,1H3. The van der Waals surface area contributed by atoms with Crippen molar-refractivity contribution < 1.29 is 101 Å². The van der Waals surface area contributed by atoms with Crippen LogP contribution in [0.1, 0.15) is 147 Å². The maximum Gasteiger partial charge on any atom is 0.417 e. The molecular weight excluding hydrogens is 1260 g/mol. The quantitative estimate of drug-likeness (QED) is 0.0501. The molecule has 0 radical (unpaired) electrons. The molecule has 0 saturated heterocycles. The number of nitrogens with two attached hydrogens (primary N) is 2. The van der Waals surface area contributed by atoms with Crippen LogP contribution in [0, 0.1) is 20.8 Å². The number of cyclic esters (lactones) is 4. The van der Waals surface area contributed by atoms with Crippen LogP contribution < -0.4 is 16.4 Å². The van der Waals surface area contributed by atoms with Crippen LogP contribution in [0.15, 0.2) is 146 Å². The lowest BCUT2D eigenvalue weighted by atomic mass is 9.74. The van der Waals surface area contributed by atoms with Crippen molar-refractivity contribution in [1.29, 1.82) is 0 Å². The number of rotatable bonds is 7. The minimum atomic E-state index is -5.00. The van der Waals surface area contributed by atoms with Gasteiger partial charge in [-0.2, -0.15) is 52.7 Å². The van der Waals surface area contributed by atoms with E-state index in [1.807, 2.05) is 0 Å². The Morgan fingerprint density at radius 2 is 0.670 bits per heavy atom. The number of imide groups is 2. The minimum Gasteiger partial charge on any atom is -0.399 e. The van der Waals surface area contributed by atoms with Crippen LogP contribution in [-0.2, 0) is 32.7 Å². The van der Waals surface area contributed by atoms with Crippen molar-refractivity contribution >= 4 is 64.6 Å². The van der Waals surface area contributed by atoms with Crippen molar-refractivity contribution in [3.63, 3.8) is 0 Å². The number of ether oxygens (including phenoxy) is 2. The van der Waals surface area contributed by atoms with Crippen LogP contribution in [0.5, 0.6) is 0 Å². The number of alkyl halides is 12. The van der Waals surface area contributed by atoms with Gasteiger partial charge in [-0.1, -0.05) is 66.2 Å². The smallest absolute Gasteiger partial charge is 0.399 e. The molecule has 482 valence electrons. The molecule has 4 aliphatic heterocycles. The molecule has 8 aromatic carbocycles.